The highest BCUT2D eigenvalue weighted by molar-refractivity contribution is 4.74. The van der Waals surface area contributed by atoms with E-state index in [4.69, 9.17) is 0 Å². The molecule has 3 unspecified atom stereocenters. The number of hydrogen-bond acceptors (Lipinski definition) is 1. The van der Waals surface area contributed by atoms with Gasteiger partial charge in [-0.05, 0) is 44.1 Å². The van der Waals surface area contributed by atoms with Crippen molar-refractivity contribution in [2.45, 2.75) is 71.8 Å². The summed E-state index contributed by atoms with van der Waals surface area (Å²) in [6, 6.07) is 0.814. The van der Waals surface area contributed by atoms with E-state index >= 15 is 0 Å². The fourth-order valence-electron chi connectivity index (χ4n) is 2.65. The van der Waals surface area contributed by atoms with Gasteiger partial charge < -0.3 is 5.32 Å². The van der Waals surface area contributed by atoms with Crippen molar-refractivity contribution in [2.75, 3.05) is 6.54 Å². The molecule has 0 aromatic rings. The fraction of sp³-hybridized carbons (Fsp3) is 1.00. The molecule has 0 aromatic heterocycles. The maximum Gasteiger partial charge on any atom is 0.00672 e. The third kappa shape index (κ3) is 5.55. The average Bonchev–Trinajstić information content (AvgIpc) is 2.41. The van der Waals surface area contributed by atoms with Crippen LogP contribution in [-0.4, -0.2) is 12.6 Å². The number of rotatable bonds is 5. The molecule has 0 radical (unpaired) electrons. The van der Waals surface area contributed by atoms with Crippen LogP contribution in [0.5, 0.6) is 0 Å². The Bertz CT molecular complexity index is 155. The fourth-order valence-corrected chi connectivity index (χ4v) is 2.65. The van der Waals surface area contributed by atoms with Crippen molar-refractivity contribution in [2.24, 2.45) is 11.8 Å². The first-order valence-electron chi connectivity index (χ1n) is 6.95. The molecule has 1 heteroatoms. The normalized spacial score (nSPS) is 29.8. The van der Waals surface area contributed by atoms with Gasteiger partial charge in [0.05, 0.1) is 0 Å². The van der Waals surface area contributed by atoms with Crippen LogP contribution in [-0.2, 0) is 0 Å². The maximum absolute atomic E-state index is 3.77. The van der Waals surface area contributed by atoms with Crippen molar-refractivity contribution in [1.82, 2.24) is 5.32 Å². The minimum atomic E-state index is 0.814. The molecule has 0 saturated heterocycles. The molecule has 3 atom stereocenters. The lowest BCUT2D eigenvalue weighted by Gasteiger charge is -2.19. The molecule has 15 heavy (non-hydrogen) atoms. The third-order valence-corrected chi connectivity index (χ3v) is 3.79. The molecular weight excluding hydrogens is 182 g/mol. The van der Waals surface area contributed by atoms with E-state index in [1.165, 1.54) is 51.5 Å². The summed E-state index contributed by atoms with van der Waals surface area (Å²) in [4.78, 5) is 0. The van der Waals surface area contributed by atoms with Crippen molar-refractivity contribution >= 4 is 0 Å². The van der Waals surface area contributed by atoms with E-state index in [2.05, 4.69) is 26.1 Å². The highest BCUT2D eigenvalue weighted by Gasteiger charge is 2.15. The summed E-state index contributed by atoms with van der Waals surface area (Å²) in [5, 5.41) is 3.77. The van der Waals surface area contributed by atoms with Gasteiger partial charge in [0.2, 0.25) is 0 Å². The predicted molar refractivity (Wildman–Crippen MR) is 68.1 cm³/mol. The Balaban J connectivity index is 2.14. The number of nitrogens with one attached hydrogen (secondary N) is 1. The molecule has 1 aliphatic rings. The van der Waals surface area contributed by atoms with E-state index in [9.17, 15) is 0 Å². The highest BCUT2D eigenvalue weighted by Crippen LogP contribution is 2.22. The van der Waals surface area contributed by atoms with Crippen LogP contribution in [0, 0.1) is 11.8 Å². The molecule has 1 fully saturated rings. The lowest BCUT2D eigenvalue weighted by Crippen LogP contribution is -2.32. The van der Waals surface area contributed by atoms with E-state index in [1.54, 1.807) is 0 Å². The van der Waals surface area contributed by atoms with E-state index in [1.807, 2.05) is 0 Å². The Hall–Kier alpha value is -0.0400. The Morgan fingerprint density at radius 3 is 2.73 bits per heavy atom. The lowest BCUT2D eigenvalue weighted by atomic mass is 10.0. The Labute approximate surface area is 96.0 Å². The quantitative estimate of drug-likeness (QED) is 0.678. The minimum absolute atomic E-state index is 0.814. The second-order valence-electron chi connectivity index (χ2n) is 5.61. The molecule has 0 aliphatic heterocycles. The molecule has 0 bridgehead atoms. The van der Waals surface area contributed by atoms with Gasteiger partial charge in [-0.25, -0.2) is 0 Å². The minimum Gasteiger partial charge on any atom is -0.314 e. The van der Waals surface area contributed by atoms with Crippen molar-refractivity contribution in [3.05, 3.63) is 0 Å². The molecule has 1 rings (SSSR count). The van der Waals surface area contributed by atoms with E-state index in [-0.39, 0.29) is 0 Å². The topological polar surface area (TPSA) is 12.0 Å². The van der Waals surface area contributed by atoms with Gasteiger partial charge in [-0.15, -0.1) is 0 Å². The zero-order chi connectivity index (χ0) is 11.1. The summed E-state index contributed by atoms with van der Waals surface area (Å²) in [6.07, 6.45) is 9.81. The van der Waals surface area contributed by atoms with E-state index in [0.29, 0.717) is 0 Å². The Kier molecular flexibility index (Phi) is 6.31. The molecule has 0 aromatic carbocycles. The number of hydrogen-bond donors (Lipinski definition) is 1. The SMILES string of the molecule is CCCC(C)CNC1CCCC(C)CC1. The van der Waals surface area contributed by atoms with Gasteiger partial charge in [-0.1, -0.05) is 40.0 Å². The summed E-state index contributed by atoms with van der Waals surface area (Å²) >= 11 is 0. The standard InChI is InChI=1S/C14H29N/c1-4-6-13(3)11-15-14-8-5-7-12(2)9-10-14/h12-15H,4-11H2,1-3H3. The van der Waals surface area contributed by atoms with Gasteiger partial charge in [0.15, 0.2) is 0 Å². The first-order valence-corrected chi connectivity index (χ1v) is 6.95. The first-order chi connectivity index (χ1) is 7.22. The maximum atomic E-state index is 3.77. The molecule has 1 aliphatic carbocycles. The second kappa shape index (κ2) is 7.27. The van der Waals surface area contributed by atoms with E-state index in [0.717, 1.165) is 17.9 Å². The smallest absolute Gasteiger partial charge is 0.00672 e. The van der Waals surface area contributed by atoms with E-state index < -0.39 is 0 Å². The lowest BCUT2D eigenvalue weighted by molar-refractivity contribution is 0.395. The molecule has 1 saturated carbocycles. The molecule has 1 N–H and O–H groups in total. The zero-order valence-electron chi connectivity index (χ0n) is 10.9. The second-order valence-corrected chi connectivity index (χ2v) is 5.61. The Morgan fingerprint density at radius 1 is 1.20 bits per heavy atom. The van der Waals surface area contributed by atoms with Crippen LogP contribution in [0.1, 0.15) is 65.7 Å². The van der Waals surface area contributed by atoms with Crippen LogP contribution in [0.25, 0.3) is 0 Å². The molecule has 1 nitrogen and oxygen atoms in total. The first kappa shape index (κ1) is 13.0. The zero-order valence-corrected chi connectivity index (χ0v) is 10.9. The van der Waals surface area contributed by atoms with Crippen LogP contribution in [0.4, 0.5) is 0 Å². The molecule has 0 spiro atoms. The molecular formula is C14H29N. The Morgan fingerprint density at radius 2 is 2.00 bits per heavy atom. The molecule has 90 valence electrons. The van der Waals surface area contributed by atoms with Gasteiger partial charge in [0.25, 0.3) is 0 Å². The van der Waals surface area contributed by atoms with Crippen LogP contribution in [0.3, 0.4) is 0 Å². The predicted octanol–water partition coefficient (Wildman–Crippen LogP) is 3.98. The summed E-state index contributed by atoms with van der Waals surface area (Å²) in [7, 11) is 0. The van der Waals surface area contributed by atoms with Gasteiger partial charge in [-0.2, -0.15) is 0 Å². The van der Waals surface area contributed by atoms with Crippen molar-refractivity contribution in [3.8, 4) is 0 Å². The van der Waals surface area contributed by atoms with Crippen LogP contribution in [0.2, 0.25) is 0 Å². The van der Waals surface area contributed by atoms with Gasteiger partial charge in [0.1, 0.15) is 0 Å². The average molecular weight is 211 g/mol. The van der Waals surface area contributed by atoms with Crippen LogP contribution in [0.15, 0.2) is 0 Å². The van der Waals surface area contributed by atoms with Gasteiger partial charge in [0, 0.05) is 6.04 Å². The summed E-state index contributed by atoms with van der Waals surface area (Å²) in [5.41, 5.74) is 0. The summed E-state index contributed by atoms with van der Waals surface area (Å²) in [5.74, 6) is 1.82. The van der Waals surface area contributed by atoms with Gasteiger partial charge in [-0.3, -0.25) is 0 Å². The largest absolute Gasteiger partial charge is 0.314 e. The van der Waals surface area contributed by atoms with Crippen LogP contribution >= 0.6 is 0 Å². The van der Waals surface area contributed by atoms with Crippen LogP contribution < -0.4 is 5.32 Å². The van der Waals surface area contributed by atoms with Crippen molar-refractivity contribution in [3.63, 3.8) is 0 Å². The summed E-state index contributed by atoms with van der Waals surface area (Å²) in [6.45, 7) is 8.29. The third-order valence-electron chi connectivity index (χ3n) is 3.79. The van der Waals surface area contributed by atoms with Crippen molar-refractivity contribution < 1.29 is 0 Å². The van der Waals surface area contributed by atoms with Gasteiger partial charge >= 0.3 is 0 Å². The van der Waals surface area contributed by atoms with Crippen molar-refractivity contribution in [1.29, 1.82) is 0 Å². The summed E-state index contributed by atoms with van der Waals surface area (Å²) < 4.78 is 0. The molecule has 0 heterocycles. The monoisotopic (exact) mass is 211 g/mol. The molecule has 0 amide bonds. The highest BCUT2D eigenvalue weighted by atomic mass is 14.9.